The summed E-state index contributed by atoms with van der Waals surface area (Å²) in [6.45, 7) is 6.64. The van der Waals surface area contributed by atoms with E-state index >= 15 is 0 Å². The van der Waals surface area contributed by atoms with Gasteiger partial charge in [0.15, 0.2) is 5.78 Å². The Balaban J connectivity index is 2.22. The van der Waals surface area contributed by atoms with E-state index in [0.717, 1.165) is 23.5 Å². The van der Waals surface area contributed by atoms with Crippen molar-refractivity contribution in [2.45, 2.75) is 33.7 Å². The van der Waals surface area contributed by atoms with Gasteiger partial charge in [0, 0.05) is 23.5 Å². The molecule has 2 N–H and O–H groups in total. The van der Waals surface area contributed by atoms with Gasteiger partial charge in [-0.1, -0.05) is 0 Å². The number of aromatic nitrogens is 2. The summed E-state index contributed by atoms with van der Waals surface area (Å²) in [4.78, 5) is 12.3. The zero-order chi connectivity index (χ0) is 14.0. The smallest absolute Gasteiger partial charge is 0.168 e. The number of carbonyl (C=O) groups is 1. The normalized spacial score (nSPS) is 10.7. The maximum Gasteiger partial charge on any atom is 0.168 e. The standard InChI is InChI=1S/C15H19N3O/c1-4-18-13(8-11(3)17-18)9-15(19)12-5-6-14(16)10(2)7-12/h5-8H,4,9,16H2,1-3H3. The number of rotatable bonds is 4. The van der Waals surface area contributed by atoms with Crippen molar-refractivity contribution >= 4 is 11.5 Å². The van der Waals surface area contributed by atoms with E-state index in [9.17, 15) is 4.79 Å². The van der Waals surface area contributed by atoms with Crippen LogP contribution in [0.5, 0.6) is 0 Å². The number of Topliss-reactive ketones (excluding diaryl/α,β-unsaturated/α-hetero) is 1. The monoisotopic (exact) mass is 257 g/mol. The highest BCUT2D eigenvalue weighted by Gasteiger charge is 2.12. The van der Waals surface area contributed by atoms with Crippen molar-refractivity contribution < 1.29 is 4.79 Å². The molecule has 0 aliphatic heterocycles. The number of hydrogen-bond donors (Lipinski definition) is 1. The molecule has 19 heavy (non-hydrogen) atoms. The highest BCUT2D eigenvalue weighted by atomic mass is 16.1. The molecular formula is C15H19N3O. The molecule has 0 atom stereocenters. The van der Waals surface area contributed by atoms with Gasteiger partial charge in [-0.2, -0.15) is 5.10 Å². The molecule has 1 aromatic heterocycles. The Labute approximate surface area is 113 Å². The molecule has 2 rings (SSSR count). The summed E-state index contributed by atoms with van der Waals surface area (Å²) in [5.74, 6) is 0.0951. The lowest BCUT2D eigenvalue weighted by atomic mass is 10.0. The van der Waals surface area contributed by atoms with Crippen LogP contribution in [0.4, 0.5) is 5.69 Å². The molecular weight excluding hydrogens is 238 g/mol. The third-order valence-electron chi connectivity index (χ3n) is 3.22. The van der Waals surface area contributed by atoms with Crippen molar-refractivity contribution in [3.05, 3.63) is 46.8 Å². The fourth-order valence-corrected chi connectivity index (χ4v) is 2.13. The molecule has 1 aromatic carbocycles. The lowest BCUT2D eigenvalue weighted by molar-refractivity contribution is 0.0990. The average molecular weight is 257 g/mol. The van der Waals surface area contributed by atoms with Crippen LogP contribution in [0.3, 0.4) is 0 Å². The summed E-state index contributed by atoms with van der Waals surface area (Å²) in [5, 5.41) is 4.35. The van der Waals surface area contributed by atoms with E-state index in [1.54, 1.807) is 12.1 Å². The van der Waals surface area contributed by atoms with Gasteiger partial charge in [-0.05, 0) is 50.6 Å². The van der Waals surface area contributed by atoms with E-state index in [0.29, 0.717) is 17.7 Å². The van der Waals surface area contributed by atoms with Crippen molar-refractivity contribution in [3.63, 3.8) is 0 Å². The highest BCUT2D eigenvalue weighted by Crippen LogP contribution is 2.15. The van der Waals surface area contributed by atoms with Crippen LogP contribution in [0.2, 0.25) is 0 Å². The molecule has 0 aliphatic carbocycles. The van der Waals surface area contributed by atoms with Crippen LogP contribution in [-0.4, -0.2) is 15.6 Å². The van der Waals surface area contributed by atoms with E-state index in [4.69, 9.17) is 5.73 Å². The van der Waals surface area contributed by atoms with E-state index in [1.807, 2.05) is 37.6 Å². The molecule has 0 aliphatic rings. The van der Waals surface area contributed by atoms with Gasteiger partial charge in [-0.15, -0.1) is 0 Å². The maximum atomic E-state index is 12.3. The SMILES string of the molecule is CCn1nc(C)cc1CC(=O)c1ccc(N)c(C)c1. The first-order valence-corrected chi connectivity index (χ1v) is 6.44. The zero-order valence-corrected chi connectivity index (χ0v) is 11.6. The Morgan fingerprint density at radius 1 is 1.32 bits per heavy atom. The number of ketones is 1. The van der Waals surface area contributed by atoms with Crippen molar-refractivity contribution in [2.75, 3.05) is 5.73 Å². The first kappa shape index (κ1) is 13.3. The molecule has 0 saturated heterocycles. The topological polar surface area (TPSA) is 60.9 Å². The summed E-state index contributed by atoms with van der Waals surface area (Å²) in [7, 11) is 0. The lowest BCUT2D eigenvalue weighted by Crippen LogP contribution is -2.10. The Kier molecular flexibility index (Phi) is 3.69. The Hall–Kier alpha value is -2.10. The van der Waals surface area contributed by atoms with Crippen molar-refractivity contribution in [2.24, 2.45) is 0 Å². The quantitative estimate of drug-likeness (QED) is 0.676. The molecule has 0 saturated carbocycles. The molecule has 4 nitrogen and oxygen atoms in total. The van der Waals surface area contributed by atoms with Crippen molar-refractivity contribution in [3.8, 4) is 0 Å². The second kappa shape index (κ2) is 5.26. The van der Waals surface area contributed by atoms with E-state index in [2.05, 4.69) is 5.10 Å². The van der Waals surface area contributed by atoms with Crippen LogP contribution in [0, 0.1) is 13.8 Å². The second-order valence-corrected chi connectivity index (χ2v) is 4.76. The minimum absolute atomic E-state index is 0.0951. The molecule has 100 valence electrons. The van der Waals surface area contributed by atoms with Crippen molar-refractivity contribution in [1.82, 2.24) is 9.78 Å². The third kappa shape index (κ3) is 2.84. The molecule has 1 heterocycles. The summed E-state index contributed by atoms with van der Waals surface area (Å²) in [6, 6.07) is 7.37. The molecule has 0 amide bonds. The minimum atomic E-state index is 0.0951. The number of benzene rings is 1. The first-order valence-electron chi connectivity index (χ1n) is 6.44. The fraction of sp³-hybridized carbons (Fsp3) is 0.333. The number of nitrogens with two attached hydrogens (primary N) is 1. The van der Waals surface area contributed by atoms with Gasteiger partial charge in [-0.3, -0.25) is 9.48 Å². The molecule has 4 heteroatoms. The molecule has 0 unspecified atom stereocenters. The molecule has 0 spiro atoms. The fourth-order valence-electron chi connectivity index (χ4n) is 2.13. The summed E-state index contributed by atoms with van der Waals surface area (Å²) in [6.07, 6.45) is 0.373. The third-order valence-corrected chi connectivity index (χ3v) is 3.22. The van der Waals surface area contributed by atoms with E-state index < -0.39 is 0 Å². The van der Waals surface area contributed by atoms with Crippen LogP contribution < -0.4 is 5.73 Å². The van der Waals surface area contributed by atoms with Gasteiger partial charge in [-0.25, -0.2) is 0 Å². The van der Waals surface area contributed by atoms with Gasteiger partial charge >= 0.3 is 0 Å². The van der Waals surface area contributed by atoms with Gasteiger partial charge in [0.25, 0.3) is 0 Å². The number of carbonyl (C=O) groups excluding carboxylic acids is 1. The second-order valence-electron chi connectivity index (χ2n) is 4.76. The predicted molar refractivity (Wildman–Crippen MR) is 76.3 cm³/mol. The van der Waals surface area contributed by atoms with E-state index in [1.165, 1.54) is 0 Å². The van der Waals surface area contributed by atoms with Crippen LogP contribution in [-0.2, 0) is 13.0 Å². The summed E-state index contributed by atoms with van der Waals surface area (Å²) < 4.78 is 1.87. The molecule has 0 bridgehead atoms. The van der Waals surface area contributed by atoms with Gasteiger partial charge in [0.1, 0.15) is 0 Å². The average Bonchev–Trinajstić information content (AvgIpc) is 2.72. The Morgan fingerprint density at radius 3 is 2.68 bits per heavy atom. The van der Waals surface area contributed by atoms with Crippen LogP contribution in [0.25, 0.3) is 0 Å². The number of nitrogen functional groups attached to an aromatic ring is 1. The number of aryl methyl sites for hydroxylation is 3. The summed E-state index contributed by atoms with van der Waals surface area (Å²) in [5.41, 5.74) is 10.0. The Bertz CT molecular complexity index is 614. The maximum absolute atomic E-state index is 12.3. The van der Waals surface area contributed by atoms with Gasteiger partial charge in [0.2, 0.25) is 0 Å². The highest BCUT2D eigenvalue weighted by molar-refractivity contribution is 5.97. The summed E-state index contributed by atoms with van der Waals surface area (Å²) >= 11 is 0. The largest absolute Gasteiger partial charge is 0.399 e. The lowest BCUT2D eigenvalue weighted by Gasteiger charge is -2.06. The van der Waals surface area contributed by atoms with Gasteiger partial charge < -0.3 is 5.73 Å². The Morgan fingerprint density at radius 2 is 2.05 bits per heavy atom. The zero-order valence-electron chi connectivity index (χ0n) is 11.6. The minimum Gasteiger partial charge on any atom is -0.399 e. The van der Waals surface area contributed by atoms with Gasteiger partial charge in [0.05, 0.1) is 12.1 Å². The molecule has 0 radical (unpaired) electrons. The van der Waals surface area contributed by atoms with Crippen LogP contribution in [0.15, 0.2) is 24.3 Å². The molecule has 2 aromatic rings. The number of nitrogens with zero attached hydrogens (tertiary/aromatic N) is 2. The van der Waals surface area contributed by atoms with Crippen LogP contribution >= 0.6 is 0 Å². The van der Waals surface area contributed by atoms with E-state index in [-0.39, 0.29) is 5.78 Å². The molecule has 0 fully saturated rings. The first-order chi connectivity index (χ1) is 9.01. The van der Waals surface area contributed by atoms with Crippen LogP contribution in [0.1, 0.15) is 34.2 Å². The number of hydrogen-bond acceptors (Lipinski definition) is 3. The predicted octanol–water partition coefficient (Wildman–Crippen LogP) is 2.53. The van der Waals surface area contributed by atoms with Crippen molar-refractivity contribution in [1.29, 1.82) is 0 Å². The number of anilines is 1.